The van der Waals surface area contributed by atoms with E-state index in [1.54, 1.807) is 0 Å². The Morgan fingerprint density at radius 3 is 1.51 bits per heavy atom. The van der Waals surface area contributed by atoms with E-state index in [2.05, 4.69) is 27.7 Å². The quantitative estimate of drug-likeness (QED) is 0.0477. The first kappa shape index (κ1) is 43.9. The first-order valence-electron chi connectivity index (χ1n) is 19.4. The molecular weight excluding hydrogens is 564 g/mol. The number of rotatable bonds is 34. The molecule has 0 aromatic heterocycles. The van der Waals surface area contributed by atoms with Crippen molar-refractivity contribution in [3.05, 3.63) is 0 Å². The summed E-state index contributed by atoms with van der Waals surface area (Å²) in [5.41, 5.74) is 0. The summed E-state index contributed by atoms with van der Waals surface area (Å²) in [5.74, 6) is -1.51. The topological polar surface area (TPSA) is 104 Å². The molecule has 0 heterocycles. The van der Waals surface area contributed by atoms with Crippen LogP contribution in [0.1, 0.15) is 195 Å². The average Bonchev–Trinajstić information content (AvgIpc) is 3.01. The molecule has 0 fully saturated rings. The fourth-order valence-corrected chi connectivity index (χ4v) is 6.60. The third-order valence-electron chi connectivity index (χ3n) is 9.54. The summed E-state index contributed by atoms with van der Waals surface area (Å²) in [5, 5.41) is 29.5. The van der Waals surface area contributed by atoms with E-state index in [0.717, 1.165) is 70.1 Å². The smallest absolute Gasteiger partial charge is 0.309 e. The molecule has 0 aliphatic rings. The van der Waals surface area contributed by atoms with Crippen LogP contribution in [-0.4, -0.2) is 46.6 Å². The van der Waals surface area contributed by atoms with Crippen LogP contribution >= 0.6 is 0 Å². The molecule has 0 bridgehead atoms. The summed E-state index contributed by atoms with van der Waals surface area (Å²) in [4.78, 5) is 25.8. The van der Waals surface area contributed by atoms with Crippen molar-refractivity contribution in [3.63, 3.8) is 0 Å². The van der Waals surface area contributed by atoms with Crippen LogP contribution in [0.4, 0.5) is 0 Å². The van der Waals surface area contributed by atoms with Crippen LogP contribution in [0, 0.1) is 23.7 Å². The van der Waals surface area contributed by atoms with Gasteiger partial charge in [-0.05, 0) is 43.9 Å². The predicted molar refractivity (Wildman–Crippen MR) is 188 cm³/mol. The summed E-state index contributed by atoms with van der Waals surface area (Å²) in [6, 6.07) is 0. The van der Waals surface area contributed by atoms with Crippen LogP contribution in [0.5, 0.6) is 0 Å². The number of carbonyl (C=O) groups is 2. The SMILES string of the molecule is CCCCCCCCCCC(C(=O)OCCCCCC)C(CCCCCCCCCCCC(C)C)CC(CC(O)CO)C(=O)O. The van der Waals surface area contributed by atoms with Gasteiger partial charge < -0.3 is 20.1 Å². The van der Waals surface area contributed by atoms with E-state index in [1.165, 1.54) is 89.9 Å². The maximum absolute atomic E-state index is 13.5. The normalized spacial score (nSPS) is 14.4. The lowest BCUT2D eigenvalue weighted by Gasteiger charge is -2.29. The van der Waals surface area contributed by atoms with Gasteiger partial charge in [0, 0.05) is 0 Å². The Hall–Kier alpha value is -1.14. The second-order valence-electron chi connectivity index (χ2n) is 14.4. The highest BCUT2D eigenvalue weighted by Crippen LogP contribution is 2.33. The zero-order chi connectivity index (χ0) is 33.5. The zero-order valence-corrected chi connectivity index (χ0v) is 30.3. The van der Waals surface area contributed by atoms with Crippen molar-refractivity contribution in [2.24, 2.45) is 23.7 Å². The van der Waals surface area contributed by atoms with Crippen LogP contribution in [-0.2, 0) is 14.3 Å². The lowest BCUT2D eigenvalue weighted by molar-refractivity contribution is -0.153. The van der Waals surface area contributed by atoms with E-state index in [1.807, 2.05) is 0 Å². The van der Waals surface area contributed by atoms with Crippen molar-refractivity contribution >= 4 is 11.9 Å². The van der Waals surface area contributed by atoms with Gasteiger partial charge in [-0.15, -0.1) is 0 Å². The first-order valence-corrected chi connectivity index (χ1v) is 19.4. The summed E-state index contributed by atoms with van der Waals surface area (Å²) in [7, 11) is 0. The van der Waals surface area contributed by atoms with Gasteiger partial charge in [0.05, 0.1) is 31.2 Å². The first-order chi connectivity index (χ1) is 21.8. The molecule has 268 valence electrons. The number of carbonyl (C=O) groups excluding carboxylic acids is 1. The van der Waals surface area contributed by atoms with Gasteiger partial charge in [0.1, 0.15) is 0 Å². The van der Waals surface area contributed by atoms with E-state index in [-0.39, 0.29) is 24.2 Å². The Morgan fingerprint density at radius 1 is 0.600 bits per heavy atom. The molecule has 0 aliphatic heterocycles. The lowest BCUT2D eigenvalue weighted by Crippen LogP contribution is -2.31. The Kier molecular flexibility index (Phi) is 30.7. The van der Waals surface area contributed by atoms with Gasteiger partial charge in [0.15, 0.2) is 0 Å². The van der Waals surface area contributed by atoms with E-state index in [9.17, 15) is 24.9 Å². The number of hydrogen-bond donors (Lipinski definition) is 3. The number of esters is 1. The molecule has 0 aromatic carbocycles. The van der Waals surface area contributed by atoms with Gasteiger partial charge in [0.25, 0.3) is 0 Å². The number of carboxylic acid groups (broad SMARTS) is 1. The monoisotopic (exact) mass is 641 g/mol. The van der Waals surface area contributed by atoms with E-state index in [4.69, 9.17) is 4.74 Å². The molecule has 0 aliphatic carbocycles. The standard InChI is InChI=1S/C39H76O6/c1-5-7-9-11-12-18-21-24-28-37(39(44)45-29-25-10-8-6-2)34(30-35(38(42)43)31-36(41)32-40)27-23-20-17-15-13-14-16-19-22-26-33(3)4/h33-37,40-41H,5-32H2,1-4H3,(H,42,43). The number of unbranched alkanes of at least 4 members (excludes halogenated alkanes) is 18. The molecule has 45 heavy (non-hydrogen) atoms. The maximum atomic E-state index is 13.5. The van der Waals surface area contributed by atoms with Crippen molar-refractivity contribution in [1.82, 2.24) is 0 Å². The van der Waals surface area contributed by atoms with Crippen molar-refractivity contribution in [2.75, 3.05) is 13.2 Å². The second-order valence-corrected chi connectivity index (χ2v) is 14.4. The molecule has 0 rings (SSSR count). The number of hydrogen-bond acceptors (Lipinski definition) is 5. The minimum atomic E-state index is -1.06. The molecule has 6 heteroatoms. The van der Waals surface area contributed by atoms with Crippen molar-refractivity contribution in [2.45, 2.75) is 201 Å². The minimum absolute atomic E-state index is 0.00997. The number of aliphatic hydroxyl groups is 2. The Balaban J connectivity index is 5.24. The highest BCUT2D eigenvalue weighted by atomic mass is 16.5. The van der Waals surface area contributed by atoms with Crippen LogP contribution < -0.4 is 0 Å². The van der Waals surface area contributed by atoms with Crippen LogP contribution in [0.15, 0.2) is 0 Å². The summed E-state index contributed by atoms with van der Waals surface area (Å²) >= 11 is 0. The van der Waals surface area contributed by atoms with Gasteiger partial charge in [-0.3, -0.25) is 9.59 Å². The Morgan fingerprint density at radius 2 is 1.04 bits per heavy atom. The van der Waals surface area contributed by atoms with Crippen molar-refractivity contribution < 1.29 is 29.6 Å². The predicted octanol–water partition coefficient (Wildman–Crippen LogP) is 10.7. The average molecular weight is 641 g/mol. The molecule has 3 N–H and O–H groups in total. The minimum Gasteiger partial charge on any atom is -0.481 e. The Labute approximate surface area is 278 Å². The molecule has 0 saturated carbocycles. The Bertz CT molecular complexity index is 666. The van der Waals surface area contributed by atoms with Crippen LogP contribution in [0.3, 0.4) is 0 Å². The summed E-state index contributed by atoms with van der Waals surface area (Å²) in [6.45, 7) is 8.96. The number of aliphatic hydroxyl groups excluding tert-OH is 2. The largest absolute Gasteiger partial charge is 0.481 e. The number of aliphatic carboxylic acids is 1. The fraction of sp³-hybridized carbons (Fsp3) is 0.949. The third-order valence-corrected chi connectivity index (χ3v) is 9.54. The molecule has 0 saturated heterocycles. The molecule has 4 atom stereocenters. The van der Waals surface area contributed by atoms with E-state index >= 15 is 0 Å². The van der Waals surface area contributed by atoms with Gasteiger partial charge >= 0.3 is 11.9 Å². The van der Waals surface area contributed by atoms with Gasteiger partial charge in [0.2, 0.25) is 0 Å². The molecular formula is C39H76O6. The van der Waals surface area contributed by atoms with Crippen molar-refractivity contribution in [3.8, 4) is 0 Å². The van der Waals surface area contributed by atoms with Gasteiger partial charge in [-0.1, -0.05) is 163 Å². The fourth-order valence-electron chi connectivity index (χ4n) is 6.60. The van der Waals surface area contributed by atoms with Gasteiger partial charge in [-0.2, -0.15) is 0 Å². The molecule has 4 unspecified atom stereocenters. The van der Waals surface area contributed by atoms with E-state index in [0.29, 0.717) is 13.0 Å². The molecule has 0 amide bonds. The molecule has 6 nitrogen and oxygen atoms in total. The van der Waals surface area contributed by atoms with Crippen LogP contribution in [0.25, 0.3) is 0 Å². The number of carboxylic acids is 1. The van der Waals surface area contributed by atoms with Crippen molar-refractivity contribution in [1.29, 1.82) is 0 Å². The van der Waals surface area contributed by atoms with Crippen LogP contribution in [0.2, 0.25) is 0 Å². The molecule has 0 radical (unpaired) electrons. The highest BCUT2D eigenvalue weighted by molar-refractivity contribution is 5.73. The third kappa shape index (κ3) is 26.6. The number of ether oxygens (including phenoxy) is 1. The molecule has 0 spiro atoms. The summed E-state index contributed by atoms with van der Waals surface area (Å²) < 4.78 is 5.84. The lowest BCUT2D eigenvalue weighted by atomic mass is 9.77. The van der Waals surface area contributed by atoms with Gasteiger partial charge in [-0.25, -0.2) is 0 Å². The maximum Gasteiger partial charge on any atom is 0.309 e. The summed E-state index contributed by atoms with van der Waals surface area (Å²) in [6.07, 6.45) is 26.9. The zero-order valence-electron chi connectivity index (χ0n) is 30.3. The highest BCUT2D eigenvalue weighted by Gasteiger charge is 2.33. The molecule has 0 aromatic rings. The van der Waals surface area contributed by atoms with E-state index < -0.39 is 24.6 Å². The second kappa shape index (κ2) is 31.5.